The van der Waals surface area contributed by atoms with E-state index in [1.165, 1.54) is 6.42 Å². The van der Waals surface area contributed by atoms with E-state index in [4.69, 9.17) is 4.98 Å². The molecule has 172 valence electrons. The smallest absolute Gasteiger partial charge is 0.246 e. The quantitative estimate of drug-likeness (QED) is 0.517. The molecule has 0 spiro atoms. The number of benzene rings is 2. The van der Waals surface area contributed by atoms with Crippen LogP contribution >= 0.6 is 0 Å². The van der Waals surface area contributed by atoms with E-state index >= 15 is 0 Å². The van der Waals surface area contributed by atoms with Crippen LogP contribution in [0.2, 0.25) is 0 Å². The third-order valence-corrected chi connectivity index (χ3v) is 6.35. The first-order chi connectivity index (χ1) is 16.0. The average Bonchev–Trinajstić information content (AvgIpc) is 3.19. The summed E-state index contributed by atoms with van der Waals surface area (Å²) in [4.78, 5) is 32.5. The summed E-state index contributed by atoms with van der Waals surface area (Å²) in [7, 11) is 0. The van der Waals surface area contributed by atoms with E-state index in [1.807, 2.05) is 47.0 Å². The summed E-state index contributed by atoms with van der Waals surface area (Å²) in [5.74, 6) is 0.539. The second-order valence-electron chi connectivity index (χ2n) is 8.86. The number of hydrogen-bond donors (Lipinski definition) is 1. The lowest BCUT2D eigenvalue weighted by Crippen LogP contribution is -2.42. The lowest BCUT2D eigenvalue weighted by Gasteiger charge is -2.35. The number of nitrogens with zero attached hydrogens (tertiary/aromatic N) is 3. The van der Waals surface area contributed by atoms with Gasteiger partial charge in [-0.2, -0.15) is 0 Å². The minimum Gasteiger partial charge on any atom is -0.345 e. The number of rotatable bonds is 8. The van der Waals surface area contributed by atoms with Gasteiger partial charge in [0.25, 0.3) is 0 Å². The zero-order valence-electron chi connectivity index (χ0n) is 19.3. The summed E-state index contributed by atoms with van der Waals surface area (Å²) in [6.45, 7) is 6.42. The van der Waals surface area contributed by atoms with Crippen LogP contribution in [0.15, 0.2) is 66.7 Å². The molecule has 0 saturated heterocycles. The normalized spacial score (nSPS) is 14.2. The maximum atomic E-state index is 13.7. The van der Waals surface area contributed by atoms with Gasteiger partial charge >= 0.3 is 0 Å². The van der Waals surface area contributed by atoms with Crippen LogP contribution in [0.25, 0.3) is 11.0 Å². The zero-order valence-corrected chi connectivity index (χ0v) is 19.3. The van der Waals surface area contributed by atoms with Crippen molar-refractivity contribution in [1.29, 1.82) is 0 Å². The molecule has 1 aliphatic rings. The van der Waals surface area contributed by atoms with Crippen molar-refractivity contribution < 1.29 is 9.59 Å². The van der Waals surface area contributed by atoms with Crippen LogP contribution in [0.1, 0.15) is 50.4 Å². The van der Waals surface area contributed by atoms with Crippen molar-refractivity contribution >= 4 is 22.8 Å². The summed E-state index contributed by atoms with van der Waals surface area (Å²) in [5.41, 5.74) is 3.30. The molecule has 1 saturated carbocycles. The van der Waals surface area contributed by atoms with Crippen molar-refractivity contribution in [2.24, 2.45) is 0 Å². The molecular weight excluding hydrogens is 412 g/mol. The van der Waals surface area contributed by atoms with E-state index in [2.05, 4.69) is 28.9 Å². The van der Waals surface area contributed by atoms with Gasteiger partial charge < -0.3 is 14.8 Å². The lowest BCUT2D eigenvalue weighted by atomic mass is 9.93. The summed E-state index contributed by atoms with van der Waals surface area (Å²) in [5, 5.41) is 2.86. The third-order valence-electron chi connectivity index (χ3n) is 6.35. The Morgan fingerprint density at radius 3 is 2.48 bits per heavy atom. The van der Waals surface area contributed by atoms with E-state index < -0.39 is 0 Å². The molecule has 3 aromatic rings. The first kappa shape index (κ1) is 22.8. The average molecular weight is 445 g/mol. The standard InChI is InChI=1S/C27H32N4O2/c1-20(2)27(33)28-17-25-29-23-15-9-10-16-24(23)31(25)19-26(32)30(22-13-7-4-8-14-22)18-21-11-5-3-6-12-21/h3,5-6,9-12,15-16,22H,1,4,7-8,13-14,17-19H2,2H3,(H,28,33). The monoisotopic (exact) mass is 444 g/mol. The molecule has 6 heteroatoms. The molecule has 0 aliphatic heterocycles. The van der Waals surface area contributed by atoms with E-state index in [9.17, 15) is 9.59 Å². The molecular formula is C27H32N4O2. The van der Waals surface area contributed by atoms with Crippen LogP contribution in [0.3, 0.4) is 0 Å². The maximum Gasteiger partial charge on any atom is 0.246 e. The van der Waals surface area contributed by atoms with Crippen LogP contribution < -0.4 is 5.32 Å². The number of nitrogens with one attached hydrogen (secondary N) is 1. The van der Waals surface area contributed by atoms with Gasteiger partial charge in [-0.15, -0.1) is 0 Å². The fraction of sp³-hybridized carbons (Fsp3) is 0.370. The number of amides is 2. The molecule has 1 aliphatic carbocycles. The molecule has 1 N–H and O–H groups in total. The zero-order chi connectivity index (χ0) is 23.2. The predicted molar refractivity (Wildman–Crippen MR) is 130 cm³/mol. The Hall–Kier alpha value is -3.41. The summed E-state index contributed by atoms with van der Waals surface area (Å²) in [6, 6.07) is 18.2. The second-order valence-corrected chi connectivity index (χ2v) is 8.86. The first-order valence-corrected chi connectivity index (χ1v) is 11.7. The first-order valence-electron chi connectivity index (χ1n) is 11.7. The molecule has 0 bridgehead atoms. The fourth-order valence-corrected chi connectivity index (χ4v) is 4.57. The highest BCUT2D eigenvalue weighted by molar-refractivity contribution is 5.92. The van der Waals surface area contributed by atoms with Gasteiger partial charge in [-0.1, -0.05) is 68.3 Å². The maximum absolute atomic E-state index is 13.7. The van der Waals surface area contributed by atoms with Gasteiger partial charge in [0, 0.05) is 18.2 Å². The second kappa shape index (κ2) is 10.5. The van der Waals surface area contributed by atoms with Crippen molar-refractivity contribution in [1.82, 2.24) is 19.8 Å². The van der Waals surface area contributed by atoms with Gasteiger partial charge in [-0.3, -0.25) is 9.59 Å². The molecule has 0 radical (unpaired) electrons. The van der Waals surface area contributed by atoms with Gasteiger partial charge in [0.2, 0.25) is 11.8 Å². The number of hydrogen-bond acceptors (Lipinski definition) is 3. The van der Waals surface area contributed by atoms with Crippen LogP contribution in [0, 0.1) is 0 Å². The van der Waals surface area contributed by atoms with Crippen LogP contribution in [-0.4, -0.2) is 32.3 Å². The number of para-hydroxylation sites is 2. The number of carbonyl (C=O) groups excluding carboxylic acids is 2. The Morgan fingerprint density at radius 1 is 1.06 bits per heavy atom. The van der Waals surface area contributed by atoms with Crippen LogP contribution in [-0.2, 0) is 29.2 Å². The number of aromatic nitrogens is 2. The van der Waals surface area contributed by atoms with Crippen molar-refractivity contribution in [2.45, 2.75) is 64.7 Å². The van der Waals surface area contributed by atoms with Gasteiger partial charge in [0.1, 0.15) is 12.4 Å². The molecule has 6 nitrogen and oxygen atoms in total. The van der Waals surface area contributed by atoms with Gasteiger partial charge in [-0.05, 0) is 37.5 Å². The van der Waals surface area contributed by atoms with Crippen molar-refractivity contribution in [3.05, 3.63) is 78.1 Å². The lowest BCUT2D eigenvalue weighted by molar-refractivity contribution is -0.135. The predicted octanol–water partition coefficient (Wildman–Crippen LogP) is 4.59. The Bertz CT molecular complexity index is 1130. The Balaban J connectivity index is 1.61. The van der Waals surface area contributed by atoms with Crippen molar-refractivity contribution in [3.63, 3.8) is 0 Å². The third kappa shape index (κ3) is 5.51. The minimum atomic E-state index is -0.215. The molecule has 33 heavy (non-hydrogen) atoms. The van der Waals surface area contributed by atoms with Crippen LogP contribution in [0.4, 0.5) is 0 Å². The minimum absolute atomic E-state index is 0.0846. The van der Waals surface area contributed by atoms with E-state index in [-0.39, 0.29) is 30.9 Å². The highest BCUT2D eigenvalue weighted by atomic mass is 16.2. The molecule has 2 aromatic carbocycles. The molecule has 1 aromatic heterocycles. The SMILES string of the molecule is C=C(C)C(=O)NCc1nc2ccccc2n1CC(=O)N(Cc1ccccc1)C1CCCCC1. The number of carbonyl (C=O) groups is 2. The van der Waals surface area contributed by atoms with E-state index in [0.717, 1.165) is 42.3 Å². The summed E-state index contributed by atoms with van der Waals surface area (Å²) in [6.07, 6.45) is 5.66. The van der Waals surface area contributed by atoms with Gasteiger partial charge in [-0.25, -0.2) is 4.98 Å². The summed E-state index contributed by atoms with van der Waals surface area (Å²) >= 11 is 0. The Morgan fingerprint density at radius 2 is 1.76 bits per heavy atom. The molecule has 0 atom stereocenters. The highest BCUT2D eigenvalue weighted by Crippen LogP contribution is 2.25. The molecule has 1 heterocycles. The van der Waals surface area contributed by atoms with Gasteiger partial charge in [0.05, 0.1) is 17.6 Å². The van der Waals surface area contributed by atoms with Gasteiger partial charge in [0.15, 0.2) is 0 Å². The molecule has 4 rings (SSSR count). The van der Waals surface area contributed by atoms with Crippen LogP contribution in [0.5, 0.6) is 0 Å². The van der Waals surface area contributed by atoms with Crippen molar-refractivity contribution in [2.75, 3.05) is 0 Å². The Labute approximate surface area is 195 Å². The molecule has 1 fully saturated rings. The number of fused-ring (bicyclic) bond motifs is 1. The summed E-state index contributed by atoms with van der Waals surface area (Å²) < 4.78 is 1.94. The van der Waals surface area contributed by atoms with E-state index in [1.54, 1.807) is 6.92 Å². The van der Waals surface area contributed by atoms with Crippen molar-refractivity contribution in [3.8, 4) is 0 Å². The highest BCUT2D eigenvalue weighted by Gasteiger charge is 2.27. The topological polar surface area (TPSA) is 67.2 Å². The number of imidazole rings is 1. The largest absolute Gasteiger partial charge is 0.345 e. The Kier molecular flexibility index (Phi) is 7.23. The molecule has 2 amide bonds. The fourth-order valence-electron chi connectivity index (χ4n) is 4.57. The molecule has 0 unspecified atom stereocenters. The van der Waals surface area contributed by atoms with E-state index in [0.29, 0.717) is 17.9 Å².